The fourth-order valence-electron chi connectivity index (χ4n) is 0.471. The minimum atomic E-state index is -2.52. The Labute approximate surface area is 56.6 Å². The van der Waals surface area contributed by atoms with Crippen LogP contribution in [0.1, 0.15) is 13.3 Å². The van der Waals surface area contributed by atoms with Crippen molar-refractivity contribution in [3.05, 3.63) is 0 Å². The third-order valence-electron chi connectivity index (χ3n) is 0.812. The number of carbonyl (C=O) groups is 1. The van der Waals surface area contributed by atoms with E-state index in [1.807, 2.05) is 0 Å². The molecule has 0 aliphatic carbocycles. The van der Waals surface area contributed by atoms with Crippen molar-refractivity contribution in [2.45, 2.75) is 25.9 Å². The summed E-state index contributed by atoms with van der Waals surface area (Å²) in [7, 11) is 0. The number of rotatable bonds is 3. The molecule has 0 aliphatic rings. The maximum absolute atomic E-state index is 11.5. The summed E-state index contributed by atoms with van der Waals surface area (Å²) < 4.78 is 26.9. The zero-order chi connectivity index (χ0) is 8.15. The molecular formula is C5H8F2O3. The molecule has 0 bridgehead atoms. The van der Waals surface area contributed by atoms with Crippen LogP contribution in [0, 0.1) is 0 Å². The number of carboxylic acid groups (broad SMARTS) is 1. The number of hydrogen-bond acceptors (Lipinski definition) is 2. The number of alkyl halides is 2. The summed E-state index contributed by atoms with van der Waals surface area (Å²) in [5.41, 5.74) is 0. The second kappa shape index (κ2) is 4.03. The fraction of sp³-hybridized carbons (Fsp3) is 0.800. The standard InChI is InChI=1S/C5H8F2O3/c1-3(2-4(6)7)10-5(8)9/h3-4H,2H2,1H3,(H,8,9). The summed E-state index contributed by atoms with van der Waals surface area (Å²) in [6.07, 6.45) is -5.52. The van der Waals surface area contributed by atoms with Gasteiger partial charge in [-0.3, -0.25) is 0 Å². The molecule has 0 fully saturated rings. The summed E-state index contributed by atoms with van der Waals surface area (Å²) in [6.45, 7) is 1.28. The molecule has 0 saturated heterocycles. The maximum Gasteiger partial charge on any atom is 0.506 e. The first-order valence-corrected chi connectivity index (χ1v) is 2.70. The van der Waals surface area contributed by atoms with E-state index in [0.29, 0.717) is 0 Å². The van der Waals surface area contributed by atoms with Crippen LogP contribution in [0.15, 0.2) is 0 Å². The monoisotopic (exact) mass is 154 g/mol. The molecule has 0 aromatic heterocycles. The molecule has 0 aromatic rings. The molecule has 0 radical (unpaired) electrons. The highest BCUT2D eigenvalue weighted by atomic mass is 19.3. The van der Waals surface area contributed by atoms with Crippen LogP contribution in [0.4, 0.5) is 13.6 Å². The zero-order valence-corrected chi connectivity index (χ0v) is 5.38. The number of halogens is 2. The minimum absolute atomic E-state index is 0.549. The van der Waals surface area contributed by atoms with Gasteiger partial charge >= 0.3 is 6.16 Å². The van der Waals surface area contributed by atoms with Gasteiger partial charge in [-0.15, -0.1) is 0 Å². The third kappa shape index (κ3) is 5.27. The zero-order valence-electron chi connectivity index (χ0n) is 5.38. The number of ether oxygens (including phenoxy) is 1. The van der Waals surface area contributed by atoms with Gasteiger partial charge in [-0.2, -0.15) is 0 Å². The lowest BCUT2D eigenvalue weighted by Gasteiger charge is -2.08. The number of hydrogen-bond donors (Lipinski definition) is 1. The van der Waals surface area contributed by atoms with E-state index < -0.39 is 25.1 Å². The Balaban J connectivity index is 3.43. The lowest BCUT2D eigenvalue weighted by Crippen LogP contribution is -2.15. The predicted molar refractivity (Wildman–Crippen MR) is 29.2 cm³/mol. The van der Waals surface area contributed by atoms with E-state index in [2.05, 4.69) is 4.74 Å². The van der Waals surface area contributed by atoms with Gasteiger partial charge in [-0.1, -0.05) is 0 Å². The molecule has 5 heteroatoms. The molecule has 0 amide bonds. The quantitative estimate of drug-likeness (QED) is 0.629. The topological polar surface area (TPSA) is 46.5 Å². The van der Waals surface area contributed by atoms with E-state index in [9.17, 15) is 13.6 Å². The summed E-state index contributed by atoms with van der Waals surface area (Å²) in [5, 5.41) is 7.93. The summed E-state index contributed by atoms with van der Waals surface area (Å²) in [4.78, 5) is 9.72. The summed E-state index contributed by atoms with van der Waals surface area (Å²) in [6, 6.07) is 0. The average Bonchev–Trinajstić information content (AvgIpc) is 1.58. The average molecular weight is 154 g/mol. The second-order valence-corrected chi connectivity index (χ2v) is 1.82. The van der Waals surface area contributed by atoms with Crippen molar-refractivity contribution in [1.29, 1.82) is 0 Å². The molecule has 60 valence electrons. The van der Waals surface area contributed by atoms with Crippen LogP contribution in [0.2, 0.25) is 0 Å². The van der Waals surface area contributed by atoms with Gasteiger partial charge < -0.3 is 9.84 Å². The largest absolute Gasteiger partial charge is 0.506 e. The lowest BCUT2D eigenvalue weighted by atomic mass is 10.3. The Morgan fingerprint density at radius 3 is 2.50 bits per heavy atom. The second-order valence-electron chi connectivity index (χ2n) is 1.82. The van der Waals surface area contributed by atoms with Crippen LogP contribution in [0.25, 0.3) is 0 Å². The molecule has 0 rings (SSSR count). The Bertz CT molecular complexity index is 115. The summed E-state index contributed by atoms with van der Waals surface area (Å²) >= 11 is 0. The Hall–Kier alpha value is -0.870. The molecule has 0 spiro atoms. The van der Waals surface area contributed by atoms with E-state index in [0.717, 1.165) is 0 Å². The molecule has 0 aromatic carbocycles. The van der Waals surface area contributed by atoms with E-state index in [-0.39, 0.29) is 0 Å². The highest BCUT2D eigenvalue weighted by molar-refractivity contribution is 5.56. The van der Waals surface area contributed by atoms with Crippen LogP contribution >= 0.6 is 0 Å². The molecule has 0 saturated carbocycles. The van der Waals surface area contributed by atoms with Gasteiger partial charge in [0.1, 0.15) is 6.10 Å². The molecule has 1 atom stereocenters. The van der Waals surface area contributed by atoms with Gasteiger partial charge in [0.05, 0.1) is 0 Å². The van der Waals surface area contributed by atoms with Crippen LogP contribution in [0.5, 0.6) is 0 Å². The molecule has 0 heterocycles. The first-order chi connectivity index (χ1) is 4.52. The highest BCUT2D eigenvalue weighted by Gasteiger charge is 2.13. The van der Waals surface area contributed by atoms with Crippen LogP contribution < -0.4 is 0 Å². The van der Waals surface area contributed by atoms with Crippen molar-refractivity contribution in [1.82, 2.24) is 0 Å². The molecule has 1 unspecified atom stereocenters. The van der Waals surface area contributed by atoms with Gasteiger partial charge in [-0.25, -0.2) is 13.6 Å². The molecule has 0 aliphatic heterocycles. The maximum atomic E-state index is 11.5. The summed E-state index contributed by atoms with van der Waals surface area (Å²) in [5.74, 6) is 0. The molecule has 3 nitrogen and oxygen atoms in total. The third-order valence-corrected chi connectivity index (χ3v) is 0.812. The Morgan fingerprint density at radius 1 is 1.70 bits per heavy atom. The van der Waals surface area contributed by atoms with Crippen LogP contribution in [0.3, 0.4) is 0 Å². The van der Waals surface area contributed by atoms with Crippen molar-refractivity contribution in [3.63, 3.8) is 0 Å². The van der Waals surface area contributed by atoms with Gasteiger partial charge in [0.25, 0.3) is 0 Å². The van der Waals surface area contributed by atoms with Gasteiger partial charge in [0, 0.05) is 6.42 Å². The van der Waals surface area contributed by atoms with Crippen molar-refractivity contribution >= 4 is 6.16 Å². The molecule has 10 heavy (non-hydrogen) atoms. The van der Waals surface area contributed by atoms with E-state index in [1.165, 1.54) is 6.92 Å². The minimum Gasteiger partial charge on any atom is -0.450 e. The van der Waals surface area contributed by atoms with E-state index in [4.69, 9.17) is 5.11 Å². The first-order valence-electron chi connectivity index (χ1n) is 2.70. The van der Waals surface area contributed by atoms with Gasteiger partial charge in [0.15, 0.2) is 0 Å². The van der Waals surface area contributed by atoms with Gasteiger partial charge in [0.2, 0.25) is 6.43 Å². The van der Waals surface area contributed by atoms with Crippen LogP contribution in [-0.4, -0.2) is 23.8 Å². The Kier molecular flexibility index (Phi) is 3.68. The first kappa shape index (κ1) is 9.13. The van der Waals surface area contributed by atoms with Crippen molar-refractivity contribution in [2.24, 2.45) is 0 Å². The SMILES string of the molecule is CC(CC(F)F)OC(=O)O. The molecule has 1 N–H and O–H groups in total. The van der Waals surface area contributed by atoms with E-state index in [1.54, 1.807) is 0 Å². The lowest BCUT2D eigenvalue weighted by molar-refractivity contribution is 0.0238. The van der Waals surface area contributed by atoms with E-state index >= 15 is 0 Å². The smallest absolute Gasteiger partial charge is 0.450 e. The van der Waals surface area contributed by atoms with Crippen molar-refractivity contribution in [2.75, 3.05) is 0 Å². The van der Waals surface area contributed by atoms with Gasteiger partial charge in [-0.05, 0) is 6.92 Å². The van der Waals surface area contributed by atoms with Crippen molar-refractivity contribution in [3.8, 4) is 0 Å². The normalized spacial score (nSPS) is 13.2. The van der Waals surface area contributed by atoms with Crippen LogP contribution in [-0.2, 0) is 4.74 Å². The predicted octanol–water partition coefficient (Wildman–Crippen LogP) is 1.72. The highest BCUT2D eigenvalue weighted by Crippen LogP contribution is 2.06. The van der Waals surface area contributed by atoms with Crippen molar-refractivity contribution < 1.29 is 23.4 Å². The Morgan fingerprint density at radius 2 is 2.20 bits per heavy atom. The molecular weight excluding hydrogens is 146 g/mol. The fourth-order valence-corrected chi connectivity index (χ4v) is 0.471.